The van der Waals surface area contributed by atoms with Gasteiger partial charge in [-0.2, -0.15) is 0 Å². The summed E-state index contributed by atoms with van der Waals surface area (Å²) in [5.74, 6) is 0.633. The first-order chi connectivity index (χ1) is 13.8. The molecule has 2 aromatic rings. The Morgan fingerprint density at radius 3 is 2.69 bits per heavy atom. The summed E-state index contributed by atoms with van der Waals surface area (Å²) in [5.41, 5.74) is 1.11. The third-order valence-corrected chi connectivity index (χ3v) is 6.44. The number of halogens is 1. The molecule has 1 unspecified atom stereocenters. The first-order valence-electron chi connectivity index (χ1n) is 9.61. The van der Waals surface area contributed by atoms with Crippen molar-refractivity contribution in [2.45, 2.75) is 23.4 Å². The Hall–Kier alpha value is -1.64. The van der Waals surface area contributed by atoms with Gasteiger partial charge in [0.25, 0.3) is 0 Å². The highest BCUT2D eigenvalue weighted by atomic mass is 35.5. The Labute approximate surface area is 177 Å². The minimum atomic E-state index is -3.21. The van der Waals surface area contributed by atoms with Crippen LogP contribution in [0.5, 0.6) is 5.75 Å². The van der Waals surface area contributed by atoms with Crippen molar-refractivity contribution in [2.24, 2.45) is 0 Å². The number of piperazine rings is 1. The molecule has 0 amide bonds. The summed E-state index contributed by atoms with van der Waals surface area (Å²) in [6.07, 6.45) is 1.92. The Morgan fingerprint density at radius 2 is 2.03 bits per heavy atom. The van der Waals surface area contributed by atoms with Gasteiger partial charge >= 0.3 is 0 Å². The molecule has 1 aliphatic heterocycles. The van der Waals surface area contributed by atoms with E-state index >= 15 is 0 Å². The highest BCUT2D eigenvalue weighted by Gasteiger charge is 2.26. The zero-order valence-electron chi connectivity index (χ0n) is 16.4. The predicted molar refractivity (Wildman–Crippen MR) is 114 cm³/mol. The fraction of sp³-hybridized carbons (Fsp3) is 0.429. The Bertz CT molecular complexity index is 905. The second-order valence-corrected chi connectivity index (χ2v) is 9.82. The molecule has 0 spiro atoms. The van der Waals surface area contributed by atoms with Gasteiger partial charge in [0.1, 0.15) is 12.4 Å². The SMILES string of the molecule is CS(=O)(=O)c1ccc(OC[C@@H]2CN(C(CO)Cc3cccc(Cl)c3)CCN2)cc1. The van der Waals surface area contributed by atoms with E-state index < -0.39 is 9.84 Å². The lowest BCUT2D eigenvalue weighted by Crippen LogP contribution is -2.57. The number of benzene rings is 2. The molecule has 1 heterocycles. The summed E-state index contributed by atoms with van der Waals surface area (Å²) >= 11 is 6.08. The molecular formula is C21H27ClN2O4S. The van der Waals surface area contributed by atoms with Gasteiger partial charge in [-0.25, -0.2) is 8.42 Å². The van der Waals surface area contributed by atoms with E-state index in [1.54, 1.807) is 24.3 Å². The van der Waals surface area contributed by atoms with E-state index in [0.717, 1.165) is 31.6 Å². The van der Waals surface area contributed by atoms with Gasteiger partial charge in [-0.05, 0) is 48.4 Å². The zero-order valence-corrected chi connectivity index (χ0v) is 18.0. The summed E-state index contributed by atoms with van der Waals surface area (Å²) in [7, 11) is -3.21. The first-order valence-corrected chi connectivity index (χ1v) is 11.9. The topological polar surface area (TPSA) is 78.9 Å². The van der Waals surface area contributed by atoms with E-state index in [0.29, 0.717) is 17.4 Å². The number of ether oxygens (including phenoxy) is 1. The van der Waals surface area contributed by atoms with Gasteiger partial charge in [0.15, 0.2) is 9.84 Å². The fourth-order valence-electron chi connectivity index (χ4n) is 3.52. The second kappa shape index (κ2) is 9.91. The van der Waals surface area contributed by atoms with Crippen LogP contribution in [-0.2, 0) is 16.3 Å². The molecule has 6 nitrogen and oxygen atoms in total. The smallest absolute Gasteiger partial charge is 0.175 e. The molecule has 0 aliphatic carbocycles. The van der Waals surface area contributed by atoms with Gasteiger partial charge < -0.3 is 15.2 Å². The van der Waals surface area contributed by atoms with E-state index in [9.17, 15) is 13.5 Å². The van der Waals surface area contributed by atoms with Crippen LogP contribution < -0.4 is 10.1 Å². The van der Waals surface area contributed by atoms with Crippen molar-refractivity contribution in [3.05, 3.63) is 59.1 Å². The molecule has 29 heavy (non-hydrogen) atoms. The van der Waals surface area contributed by atoms with E-state index in [2.05, 4.69) is 10.2 Å². The molecule has 158 valence electrons. The Morgan fingerprint density at radius 1 is 1.28 bits per heavy atom. The van der Waals surface area contributed by atoms with Crippen LogP contribution in [-0.4, -0.2) is 69.6 Å². The van der Waals surface area contributed by atoms with Crippen LogP contribution in [0.1, 0.15) is 5.56 Å². The standard InChI is InChI=1S/C21H27ClN2O4S/c1-29(26,27)21-7-5-20(6-8-21)28-15-18-13-24(10-9-23-18)19(14-25)12-16-3-2-4-17(22)11-16/h2-8,11,18-19,23,25H,9-10,12-15H2,1H3/t18-,19?/m0/s1. The number of hydrogen-bond donors (Lipinski definition) is 2. The summed E-state index contributed by atoms with van der Waals surface area (Å²) in [4.78, 5) is 2.55. The molecule has 0 radical (unpaired) electrons. The summed E-state index contributed by atoms with van der Waals surface area (Å²) in [6.45, 7) is 2.96. The van der Waals surface area contributed by atoms with Crippen molar-refractivity contribution < 1.29 is 18.3 Å². The molecule has 1 aliphatic rings. The minimum Gasteiger partial charge on any atom is -0.492 e. The lowest BCUT2D eigenvalue weighted by Gasteiger charge is -2.38. The number of nitrogens with zero attached hydrogens (tertiary/aromatic N) is 1. The maximum Gasteiger partial charge on any atom is 0.175 e. The Balaban J connectivity index is 1.55. The molecule has 1 fully saturated rings. The minimum absolute atomic E-state index is 0.0205. The molecule has 8 heteroatoms. The molecular weight excluding hydrogens is 412 g/mol. The quantitative estimate of drug-likeness (QED) is 0.656. The summed E-state index contributed by atoms with van der Waals surface area (Å²) < 4.78 is 28.9. The maximum absolute atomic E-state index is 11.5. The molecule has 0 saturated carbocycles. The zero-order chi connectivity index (χ0) is 20.9. The van der Waals surface area contributed by atoms with Gasteiger partial charge in [-0.1, -0.05) is 23.7 Å². The highest BCUT2D eigenvalue weighted by Crippen LogP contribution is 2.18. The highest BCUT2D eigenvalue weighted by molar-refractivity contribution is 7.90. The fourth-order valence-corrected chi connectivity index (χ4v) is 4.36. The number of sulfone groups is 1. The van der Waals surface area contributed by atoms with Crippen molar-refractivity contribution in [2.75, 3.05) is 39.1 Å². The van der Waals surface area contributed by atoms with Crippen molar-refractivity contribution in [1.82, 2.24) is 10.2 Å². The van der Waals surface area contributed by atoms with Crippen LogP contribution in [0.3, 0.4) is 0 Å². The molecule has 0 aromatic heterocycles. The molecule has 2 N–H and O–H groups in total. The normalized spacial score (nSPS) is 19.1. The van der Waals surface area contributed by atoms with Crippen molar-refractivity contribution >= 4 is 21.4 Å². The van der Waals surface area contributed by atoms with E-state index in [1.165, 1.54) is 6.26 Å². The second-order valence-electron chi connectivity index (χ2n) is 7.37. The van der Waals surface area contributed by atoms with E-state index in [1.807, 2.05) is 24.3 Å². The molecule has 2 aromatic carbocycles. The maximum atomic E-state index is 11.5. The van der Waals surface area contributed by atoms with Gasteiger partial charge in [0.05, 0.1) is 17.5 Å². The number of hydrogen-bond acceptors (Lipinski definition) is 6. The van der Waals surface area contributed by atoms with Crippen LogP contribution in [0, 0.1) is 0 Å². The number of rotatable bonds is 8. The largest absolute Gasteiger partial charge is 0.492 e. The van der Waals surface area contributed by atoms with Gasteiger partial charge in [-0.3, -0.25) is 4.90 Å². The van der Waals surface area contributed by atoms with Crippen molar-refractivity contribution in [3.8, 4) is 5.75 Å². The average molecular weight is 439 g/mol. The van der Waals surface area contributed by atoms with E-state index in [-0.39, 0.29) is 23.6 Å². The van der Waals surface area contributed by atoms with E-state index in [4.69, 9.17) is 16.3 Å². The molecule has 0 bridgehead atoms. The first kappa shape index (κ1) is 22.1. The average Bonchev–Trinajstić information content (AvgIpc) is 2.70. The van der Waals surface area contributed by atoms with Crippen LogP contribution in [0.4, 0.5) is 0 Å². The predicted octanol–water partition coefficient (Wildman–Crippen LogP) is 2.00. The van der Waals surface area contributed by atoms with Crippen LogP contribution >= 0.6 is 11.6 Å². The summed E-state index contributed by atoms with van der Waals surface area (Å²) in [5, 5.41) is 14.1. The van der Waals surface area contributed by atoms with Crippen molar-refractivity contribution in [3.63, 3.8) is 0 Å². The van der Waals surface area contributed by atoms with Crippen LogP contribution in [0.15, 0.2) is 53.4 Å². The monoisotopic (exact) mass is 438 g/mol. The Kier molecular flexibility index (Phi) is 7.54. The third kappa shape index (κ3) is 6.42. The number of nitrogens with one attached hydrogen (secondary N) is 1. The van der Waals surface area contributed by atoms with Gasteiger partial charge in [0, 0.05) is 37.0 Å². The van der Waals surface area contributed by atoms with Gasteiger partial charge in [0.2, 0.25) is 0 Å². The van der Waals surface area contributed by atoms with Crippen molar-refractivity contribution in [1.29, 1.82) is 0 Å². The molecule has 2 atom stereocenters. The van der Waals surface area contributed by atoms with Gasteiger partial charge in [-0.15, -0.1) is 0 Å². The van der Waals surface area contributed by atoms with Crippen LogP contribution in [0.25, 0.3) is 0 Å². The molecule has 1 saturated heterocycles. The van der Waals surface area contributed by atoms with Crippen LogP contribution in [0.2, 0.25) is 5.02 Å². The summed E-state index contributed by atoms with van der Waals surface area (Å²) in [6, 6.07) is 14.3. The lowest BCUT2D eigenvalue weighted by molar-refractivity contribution is 0.0807. The number of aliphatic hydroxyl groups excluding tert-OH is 1. The number of aliphatic hydroxyl groups is 1. The lowest BCUT2D eigenvalue weighted by atomic mass is 10.0. The molecule has 3 rings (SSSR count). The third-order valence-electron chi connectivity index (χ3n) is 5.08.